The first-order chi connectivity index (χ1) is 7.40. The topological polar surface area (TPSA) is 17.1 Å². The highest BCUT2D eigenvalue weighted by atomic mass is 32.2. The minimum absolute atomic E-state index is 0.0176. The third-order valence-electron chi connectivity index (χ3n) is 1.84. The van der Waals surface area contributed by atoms with Crippen LogP contribution in [0.15, 0.2) is 0 Å². The van der Waals surface area contributed by atoms with Crippen molar-refractivity contribution < 1.29 is 26.7 Å². The molecular weight excluding hydrogens is 251 g/mol. The van der Waals surface area contributed by atoms with Gasteiger partial charge in [0.15, 0.2) is 23.6 Å². The van der Waals surface area contributed by atoms with Crippen LogP contribution in [0.5, 0.6) is 0 Å². The van der Waals surface area contributed by atoms with E-state index in [2.05, 4.69) is 0 Å². The van der Waals surface area contributed by atoms with Gasteiger partial charge in [0, 0.05) is 12.7 Å². The lowest BCUT2D eigenvalue weighted by Crippen LogP contribution is -2.36. The second-order valence-corrected chi connectivity index (χ2v) is 4.48. The van der Waals surface area contributed by atoms with Crippen LogP contribution in [-0.4, -0.2) is 42.2 Å². The second kappa shape index (κ2) is 7.86. The van der Waals surface area contributed by atoms with E-state index in [0.717, 1.165) is 11.8 Å². The van der Waals surface area contributed by atoms with Gasteiger partial charge in [0.25, 0.3) is 0 Å². The van der Waals surface area contributed by atoms with Crippen molar-refractivity contribution in [3.8, 4) is 0 Å². The van der Waals surface area contributed by atoms with Crippen LogP contribution < -0.4 is 0 Å². The average molecular weight is 264 g/mol. The van der Waals surface area contributed by atoms with Gasteiger partial charge >= 0.3 is 0 Å². The van der Waals surface area contributed by atoms with E-state index in [1.807, 2.05) is 0 Å². The van der Waals surface area contributed by atoms with E-state index >= 15 is 0 Å². The zero-order chi connectivity index (χ0) is 12.7. The molecule has 0 fully saturated rings. The molecule has 7 heteroatoms. The Bertz CT molecular complexity index is 216. The molecule has 0 aromatic carbocycles. The van der Waals surface area contributed by atoms with Crippen LogP contribution in [0.1, 0.15) is 13.3 Å². The largest absolute Gasteiger partial charge is 0.288 e. The van der Waals surface area contributed by atoms with Gasteiger partial charge in [0.2, 0.25) is 0 Å². The molecule has 1 nitrogen and oxygen atoms in total. The molecule has 0 heterocycles. The summed E-state index contributed by atoms with van der Waals surface area (Å²) >= 11 is 0.767. The molecule has 16 heavy (non-hydrogen) atoms. The summed E-state index contributed by atoms with van der Waals surface area (Å²) in [6.45, 7) is -0.431. The van der Waals surface area contributed by atoms with E-state index in [1.54, 1.807) is 0 Å². The van der Waals surface area contributed by atoms with Gasteiger partial charge in [0.05, 0.1) is 0 Å². The highest BCUT2D eigenvalue weighted by Crippen LogP contribution is 2.21. The Kier molecular flexibility index (Phi) is 7.70. The molecule has 0 aromatic rings. The van der Waals surface area contributed by atoms with Crippen LogP contribution in [0.3, 0.4) is 0 Å². The molecule has 0 radical (unpaired) electrons. The summed E-state index contributed by atoms with van der Waals surface area (Å²) in [6.07, 6.45) is -10.8. The molecule has 0 saturated carbocycles. The Labute approximate surface area is 94.8 Å². The van der Waals surface area contributed by atoms with Crippen molar-refractivity contribution in [1.82, 2.24) is 0 Å². The molecule has 0 aliphatic rings. The van der Waals surface area contributed by atoms with Crippen molar-refractivity contribution in [3.05, 3.63) is 0 Å². The number of carbonyl (C=O) groups excluding carboxylic acids is 1. The van der Waals surface area contributed by atoms with Gasteiger partial charge in [-0.15, -0.1) is 0 Å². The summed E-state index contributed by atoms with van der Waals surface area (Å²) < 4.78 is 62.6. The Balaban J connectivity index is 3.97. The summed E-state index contributed by atoms with van der Waals surface area (Å²) in [5.74, 6) is -0.0176. The summed E-state index contributed by atoms with van der Waals surface area (Å²) in [7, 11) is 0. The Morgan fingerprint density at radius 1 is 1.12 bits per heavy atom. The fourth-order valence-electron chi connectivity index (χ4n) is 0.959. The summed E-state index contributed by atoms with van der Waals surface area (Å²) in [5.41, 5.74) is 0. The second-order valence-electron chi connectivity index (χ2n) is 3.20. The monoisotopic (exact) mass is 264 g/mol. The molecule has 0 aromatic heterocycles. The molecule has 0 N–H and O–H groups in total. The van der Waals surface area contributed by atoms with Crippen molar-refractivity contribution in [1.29, 1.82) is 0 Å². The summed E-state index contributed by atoms with van der Waals surface area (Å²) in [6, 6.07) is 0. The molecule has 0 rings (SSSR count). The maximum Gasteiger partial charge on any atom is 0.185 e. The summed E-state index contributed by atoms with van der Waals surface area (Å²) in [5, 5.41) is -0.272. The minimum atomic E-state index is -2.80. The number of hydrogen-bond donors (Lipinski definition) is 0. The van der Waals surface area contributed by atoms with E-state index in [1.165, 1.54) is 6.92 Å². The molecule has 0 aliphatic carbocycles. The number of carbonyl (C=O) groups is 1. The van der Waals surface area contributed by atoms with Crippen LogP contribution in [0.4, 0.5) is 22.0 Å². The zero-order valence-electron chi connectivity index (χ0n) is 8.64. The van der Waals surface area contributed by atoms with Gasteiger partial charge in [-0.3, -0.25) is 4.79 Å². The first-order valence-corrected chi connectivity index (χ1v) is 5.64. The average Bonchev–Trinajstić information content (AvgIpc) is 2.25. The summed E-state index contributed by atoms with van der Waals surface area (Å²) in [4.78, 5) is 10.4. The molecule has 4 atom stereocenters. The van der Waals surface area contributed by atoms with E-state index in [-0.39, 0.29) is 10.9 Å². The van der Waals surface area contributed by atoms with E-state index in [4.69, 9.17) is 0 Å². The van der Waals surface area contributed by atoms with Gasteiger partial charge in [-0.25, -0.2) is 22.0 Å². The smallest absolute Gasteiger partial charge is 0.185 e. The van der Waals surface area contributed by atoms with Crippen LogP contribution in [0.2, 0.25) is 0 Å². The minimum Gasteiger partial charge on any atom is -0.288 e. The molecule has 0 aliphatic heterocycles. The molecule has 0 saturated heterocycles. The predicted molar refractivity (Wildman–Crippen MR) is 53.3 cm³/mol. The van der Waals surface area contributed by atoms with Crippen LogP contribution in [-0.2, 0) is 4.79 Å². The van der Waals surface area contributed by atoms with Crippen molar-refractivity contribution in [2.75, 3.05) is 12.4 Å². The van der Waals surface area contributed by atoms with E-state index in [0.29, 0.717) is 0 Å². The van der Waals surface area contributed by atoms with Crippen LogP contribution >= 0.6 is 11.8 Å². The molecule has 96 valence electrons. The third kappa shape index (κ3) is 5.67. The number of thioether (sulfide) groups is 1. The molecule has 0 amide bonds. The maximum absolute atomic E-state index is 13.0. The first-order valence-electron chi connectivity index (χ1n) is 4.65. The lowest BCUT2D eigenvalue weighted by molar-refractivity contribution is -0.109. The highest BCUT2D eigenvalue weighted by molar-refractivity contribution is 8.13. The van der Waals surface area contributed by atoms with Crippen molar-refractivity contribution in [3.63, 3.8) is 0 Å². The van der Waals surface area contributed by atoms with Crippen LogP contribution in [0.25, 0.3) is 0 Å². The zero-order valence-corrected chi connectivity index (χ0v) is 9.45. The Hall–Kier alpha value is -0.330. The number of rotatable bonds is 7. The van der Waals surface area contributed by atoms with Crippen molar-refractivity contribution in [2.45, 2.75) is 38.0 Å². The number of halogens is 5. The number of hydrogen-bond acceptors (Lipinski definition) is 2. The Morgan fingerprint density at radius 3 is 2.06 bits per heavy atom. The number of alkyl halides is 5. The molecule has 0 spiro atoms. The molecular formula is C9H13F5OS. The normalized spacial score (nSPS) is 18.9. The molecule has 4 unspecified atom stereocenters. The fourth-order valence-corrected chi connectivity index (χ4v) is 1.59. The SMILES string of the molecule is CC(=O)SCCC(F)C(F)C(F)C(F)CF. The van der Waals surface area contributed by atoms with Gasteiger partial charge in [0.1, 0.15) is 12.8 Å². The maximum atomic E-state index is 13.0. The van der Waals surface area contributed by atoms with Crippen LogP contribution in [0, 0.1) is 0 Å². The fraction of sp³-hybridized carbons (Fsp3) is 0.889. The predicted octanol–water partition coefficient (Wildman–Crippen LogP) is 2.98. The lowest BCUT2D eigenvalue weighted by atomic mass is 10.1. The van der Waals surface area contributed by atoms with Gasteiger partial charge in [-0.2, -0.15) is 0 Å². The van der Waals surface area contributed by atoms with Crippen molar-refractivity contribution >= 4 is 16.9 Å². The van der Waals surface area contributed by atoms with Crippen molar-refractivity contribution in [2.24, 2.45) is 0 Å². The third-order valence-corrected chi connectivity index (χ3v) is 2.69. The Morgan fingerprint density at radius 2 is 1.62 bits per heavy atom. The quantitative estimate of drug-likeness (QED) is 0.658. The van der Waals surface area contributed by atoms with Gasteiger partial charge in [-0.1, -0.05) is 11.8 Å². The van der Waals surface area contributed by atoms with E-state index < -0.39 is 37.8 Å². The highest BCUT2D eigenvalue weighted by Gasteiger charge is 2.35. The van der Waals surface area contributed by atoms with Gasteiger partial charge in [-0.05, 0) is 6.42 Å². The standard InChI is InChI=1S/C9H13F5OS/c1-5(15)16-3-2-6(11)8(13)9(14)7(12)4-10/h6-9H,2-4H2,1H3. The van der Waals surface area contributed by atoms with Gasteiger partial charge < -0.3 is 0 Å². The van der Waals surface area contributed by atoms with E-state index in [9.17, 15) is 26.7 Å². The molecule has 0 bridgehead atoms. The lowest BCUT2D eigenvalue weighted by Gasteiger charge is -2.18. The first kappa shape index (κ1) is 15.7.